The Labute approximate surface area is 175 Å². The molecule has 0 radical (unpaired) electrons. The minimum absolute atomic E-state index is 0.156. The first-order chi connectivity index (χ1) is 14.3. The summed E-state index contributed by atoms with van der Waals surface area (Å²) in [6.07, 6.45) is 2.11. The van der Waals surface area contributed by atoms with Crippen molar-refractivity contribution in [1.29, 1.82) is 0 Å². The molecule has 0 unspecified atom stereocenters. The van der Waals surface area contributed by atoms with Gasteiger partial charge in [-0.25, -0.2) is 9.98 Å². The van der Waals surface area contributed by atoms with Crippen LogP contribution in [0.5, 0.6) is 0 Å². The highest BCUT2D eigenvalue weighted by Gasteiger charge is 2.40. The molecule has 1 aromatic heterocycles. The topological polar surface area (TPSA) is 94.9 Å². The standard InChI is InChI=1S/C21H27N7O2/c1-14-18-26(4)19(29)17(10-11-28(18)15(2)23-14)24-20(30)21(3)22-13-27(25-21)12-16-8-6-5-7-9-16/h5-9,13,17,25H,10-12H2,1-4H3,(H,24,30)/t17-,21+/m1/s1. The molecular formula is C21H27N7O2. The zero-order chi connectivity index (χ0) is 21.5. The van der Waals surface area contributed by atoms with Gasteiger partial charge in [0, 0.05) is 13.6 Å². The van der Waals surface area contributed by atoms with E-state index in [1.54, 1.807) is 30.2 Å². The maximum absolute atomic E-state index is 13.0. The number of aliphatic imine (C=N–C) groups is 1. The molecule has 1 aromatic carbocycles. The molecule has 3 heterocycles. The molecule has 2 N–H and O–H groups in total. The Morgan fingerprint density at radius 3 is 2.77 bits per heavy atom. The van der Waals surface area contributed by atoms with Crippen LogP contribution in [0.4, 0.5) is 5.82 Å². The number of benzene rings is 1. The number of amides is 2. The van der Waals surface area contributed by atoms with Crippen molar-refractivity contribution in [2.45, 2.75) is 52.0 Å². The van der Waals surface area contributed by atoms with Crippen molar-refractivity contribution in [2.24, 2.45) is 4.99 Å². The third kappa shape index (κ3) is 3.56. The lowest BCUT2D eigenvalue weighted by Crippen LogP contribution is -2.58. The second kappa shape index (κ2) is 7.56. The van der Waals surface area contributed by atoms with E-state index in [1.807, 2.05) is 48.7 Å². The first kappa shape index (κ1) is 20.1. The molecule has 0 aliphatic carbocycles. The number of nitrogens with zero attached hydrogens (tertiary/aromatic N) is 5. The van der Waals surface area contributed by atoms with Crippen LogP contribution in [0, 0.1) is 13.8 Å². The fraction of sp³-hybridized carbons (Fsp3) is 0.429. The average Bonchev–Trinajstić information content (AvgIpc) is 3.20. The van der Waals surface area contributed by atoms with Gasteiger partial charge in [0.05, 0.1) is 12.2 Å². The van der Waals surface area contributed by atoms with Gasteiger partial charge < -0.3 is 9.88 Å². The number of hydrogen-bond acceptors (Lipinski definition) is 6. The summed E-state index contributed by atoms with van der Waals surface area (Å²) in [5, 5.41) is 4.68. The molecule has 9 heteroatoms. The molecule has 0 spiro atoms. The van der Waals surface area contributed by atoms with Crippen molar-refractivity contribution in [1.82, 2.24) is 25.3 Å². The number of hydrogen-bond donors (Lipinski definition) is 2. The molecule has 2 aliphatic heterocycles. The molecule has 4 rings (SSSR count). The van der Waals surface area contributed by atoms with E-state index >= 15 is 0 Å². The first-order valence-corrected chi connectivity index (χ1v) is 10.0. The lowest BCUT2D eigenvalue weighted by Gasteiger charge is -2.27. The van der Waals surface area contributed by atoms with Gasteiger partial charge >= 0.3 is 0 Å². The number of anilines is 1. The Hall–Kier alpha value is -3.20. The average molecular weight is 409 g/mol. The van der Waals surface area contributed by atoms with Crippen LogP contribution in [0.1, 0.15) is 30.4 Å². The normalized spacial score (nSPS) is 23.5. The molecule has 2 aromatic rings. The summed E-state index contributed by atoms with van der Waals surface area (Å²) < 4.78 is 2.02. The Bertz CT molecular complexity index is 1000. The summed E-state index contributed by atoms with van der Waals surface area (Å²) in [7, 11) is 1.72. The molecule has 9 nitrogen and oxygen atoms in total. The zero-order valence-electron chi connectivity index (χ0n) is 17.7. The van der Waals surface area contributed by atoms with Gasteiger partial charge in [0.2, 0.25) is 5.66 Å². The Morgan fingerprint density at radius 2 is 2.03 bits per heavy atom. The Kier molecular flexibility index (Phi) is 5.07. The van der Waals surface area contributed by atoms with Gasteiger partial charge in [-0.05, 0) is 32.8 Å². The molecule has 0 bridgehead atoms. The minimum Gasteiger partial charge on any atom is -0.341 e. The van der Waals surface area contributed by atoms with E-state index in [1.165, 1.54) is 0 Å². The van der Waals surface area contributed by atoms with Gasteiger partial charge in [0.1, 0.15) is 24.0 Å². The predicted octanol–water partition coefficient (Wildman–Crippen LogP) is 1.12. The SMILES string of the molecule is Cc1nc(C)n2c1N(C)C(=O)[C@H](NC(=O)[C@@]1(C)N=CN(Cc3ccccc3)N1)CC2. The van der Waals surface area contributed by atoms with Crippen molar-refractivity contribution < 1.29 is 9.59 Å². The minimum atomic E-state index is -1.16. The van der Waals surface area contributed by atoms with Crippen LogP contribution in [-0.2, 0) is 22.7 Å². The summed E-state index contributed by atoms with van der Waals surface area (Å²) in [6.45, 7) is 6.71. The van der Waals surface area contributed by atoms with Crippen molar-refractivity contribution in [3.63, 3.8) is 0 Å². The monoisotopic (exact) mass is 409 g/mol. The fourth-order valence-corrected chi connectivity index (χ4v) is 4.04. The third-order valence-corrected chi connectivity index (χ3v) is 5.65. The summed E-state index contributed by atoms with van der Waals surface area (Å²) in [5.74, 6) is 1.15. The van der Waals surface area contributed by atoms with Gasteiger partial charge in [-0.1, -0.05) is 30.3 Å². The van der Waals surface area contributed by atoms with E-state index in [9.17, 15) is 9.59 Å². The largest absolute Gasteiger partial charge is 0.341 e. The Morgan fingerprint density at radius 1 is 1.30 bits per heavy atom. The predicted molar refractivity (Wildman–Crippen MR) is 114 cm³/mol. The first-order valence-electron chi connectivity index (χ1n) is 10.0. The zero-order valence-corrected chi connectivity index (χ0v) is 17.7. The smallest absolute Gasteiger partial charge is 0.264 e. The number of likely N-dealkylation sites (N-methyl/N-ethyl adjacent to an activating group) is 1. The van der Waals surface area contributed by atoms with Crippen LogP contribution in [-0.4, -0.2) is 51.5 Å². The molecule has 0 saturated carbocycles. The van der Waals surface area contributed by atoms with Crippen molar-refractivity contribution >= 4 is 24.0 Å². The molecule has 30 heavy (non-hydrogen) atoms. The molecule has 0 fully saturated rings. The maximum atomic E-state index is 13.0. The van der Waals surface area contributed by atoms with Gasteiger partial charge in [0.25, 0.3) is 11.8 Å². The summed E-state index contributed by atoms with van der Waals surface area (Å²) >= 11 is 0. The fourth-order valence-electron chi connectivity index (χ4n) is 4.04. The van der Waals surface area contributed by atoms with Gasteiger partial charge in [-0.2, -0.15) is 5.43 Å². The van der Waals surface area contributed by atoms with Crippen LogP contribution < -0.4 is 15.6 Å². The van der Waals surface area contributed by atoms with E-state index < -0.39 is 11.7 Å². The third-order valence-electron chi connectivity index (χ3n) is 5.65. The van der Waals surface area contributed by atoms with Crippen molar-refractivity contribution in [3.8, 4) is 0 Å². The molecular weight excluding hydrogens is 382 g/mol. The number of carbonyl (C=O) groups excluding carboxylic acids is 2. The number of hydrazine groups is 1. The van der Waals surface area contributed by atoms with Crippen LogP contribution in [0.2, 0.25) is 0 Å². The summed E-state index contributed by atoms with van der Waals surface area (Å²) in [4.78, 5) is 36.5. The summed E-state index contributed by atoms with van der Waals surface area (Å²) in [5.41, 5.74) is 3.88. The second-order valence-corrected chi connectivity index (χ2v) is 7.97. The van der Waals surface area contributed by atoms with Crippen molar-refractivity contribution in [2.75, 3.05) is 11.9 Å². The molecule has 2 amide bonds. The van der Waals surface area contributed by atoms with Crippen molar-refractivity contribution in [3.05, 3.63) is 47.4 Å². The highest BCUT2D eigenvalue weighted by atomic mass is 16.2. The van der Waals surface area contributed by atoms with Crippen LogP contribution in [0.15, 0.2) is 35.3 Å². The summed E-state index contributed by atoms with van der Waals surface area (Å²) in [6, 6.07) is 9.30. The van der Waals surface area contributed by atoms with Gasteiger partial charge in [-0.3, -0.25) is 19.5 Å². The number of carbonyl (C=O) groups is 2. The number of rotatable bonds is 4. The van der Waals surface area contributed by atoms with E-state index in [2.05, 4.69) is 20.7 Å². The number of nitrogens with one attached hydrogen (secondary N) is 2. The molecule has 0 saturated heterocycles. The Balaban J connectivity index is 1.43. The lowest BCUT2D eigenvalue weighted by atomic mass is 10.1. The van der Waals surface area contributed by atoms with Crippen LogP contribution in [0.3, 0.4) is 0 Å². The molecule has 2 aliphatic rings. The number of fused-ring (bicyclic) bond motifs is 1. The van der Waals surface area contributed by atoms with Crippen LogP contribution >= 0.6 is 0 Å². The van der Waals surface area contributed by atoms with E-state index in [4.69, 9.17) is 0 Å². The van der Waals surface area contributed by atoms with Crippen LogP contribution in [0.25, 0.3) is 0 Å². The number of aryl methyl sites for hydroxylation is 2. The van der Waals surface area contributed by atoms with E-state index in [-0.39, 0.29) is 11.8 Å². The maximum Gasteiger partial charge on any atom is 0.264 e. The second-order valence-electron chi connectivity index (χ2n) is 7.97. The number of imidazole rings is 1. The molecule has 2 atom stereocenters. The van der Waals surface area contributed by atoms with E-state index in [0.717, 1.165) is 22.9 Å². The van der Waals surface area contributed by atoms with Gasteiger partial charge in [0.15, 0.2) is 0 Å². The van der Waals surface area contributed by atoms with E-state index in [0.29, 0.717) is 19.5 Å². The lowest BCUT2D eigenvalue weighted by molar-refractivity contribution is -0.132. The highest BCUT2D eigenvalue weighted by molar-refractivity contribution is 6.00. The number of aromatic nitrogens is 2. The quantitative estimate of drug-likeness (QED) is 0.789. The molecule has 158 valence electrons. The van der Waals surface area contributed by atoms with Gasteiger partial charge in [-0.15, -0.1) is 0 Å². The highest BCUT2D eigenvalue weighted by Crippen LogP contribution is 2.26.